The van der Waals surface area contributed by atoms with Gasteiger partial charge in [-0.3, -0.25) is 0 Å². The second-order valence-corrected chi connectivity index (χ2v) is 7.64. The Bertz CT molecular complexity index is 1170. The summed E-state index contributed by atoms with van der Waals surface area (Å²) in [4.78, 5) is 12.8. The van der Waals surface area contributed by atoms with E-state index in [0.717, 1.165) is 17.7 Å². The molecule has 2 atom stereocenters. The zero-order chi connectivity index (χ0) is 23.2. The van der Waals surface area contributed by atoms with Crippen molar-refractivity contribution in [3.8, 4) is 40.2 Å². The Balaban J connectivity index is 1.73. The van der Waals surface area contributed by atoms with Gasteiger partial charge in [0.1, 0.15) is 11.9 Å². The van der Waals surface area contributed by atoms with Crippen molar-refractivity contribution in [2.75, 3.05) is 0 Å². The molecule has 7 N–H and O–H groups in total. The lowest BCUT2D eigenvalue weighted by Gasteiger charge is -2.33. The van der Waals surface area contributed by atoms with E-state index >= 15 is 0 Å². The smallest absolute Gasteiger partial charge is 0.338 e. The van der Waals surface area contributed by atoms with E-state index in [1.54, 1.807) is 12.1 Å². The van der Waals surface area contributed by atoms with E-state index in [4.69, 9.17) is 4.74 Å². The molecule has 0 aromatic heterocycles. The first-order valence-electron chi connectivity index (χ1n) is 9.66. The van der Waals surface area contributed by atoms with E-state index in [0.29, 0.717) is 11.1 Å². The average Bonchev–Trinajstić information content (AvgIpc) is 2.75. The van der Waals surface area contributed by atoms with E-state index < -0.39 is 52.5 Å². The van der Waals surface area contributed by atoms with Crippen LogP contribution in [-0.4, -0.2) is 47.8 Å². The number of carbonyl (C=O) groups is 1. The topological polar surface area (TPSA) is 168 Å². The Morgan fingerprint density at radius 1 is 0.750 bits per heavy atom. The van der Waals surface area contributed by atoms with Crippen molar-refractivity contribution in [3.05, 3.63) is 64.7 Å². The molecule has 32 heavy (non-hydrogen) atoms. The fourth-order valence-corrected chi connectivity index (χ4v) is 3.98. The molecule has 0 radical (unpaired) electrons. The van der Waals surface area contributed by atoms with Crippen molar-refractivity contribution < 1.29 is 45.3 Å². The maximum atomic E-state index is 12.8. The Labute approximate surface area is 181 Å². The molecule has 0 bridgehead atoms. The Kier molecular flexibility index (Phi) is 5.09. The summed E-state index contributed by atoms with van der Waals surface area (Å²) in [7, 11) is 0. The van der Waals surface area contributed by atoms with Gasteiger partial charge in [0.2, 0.25) is 0 Å². The third kappa shape index (κ3) is 3.64. The molecule has 1 aliphatic rings. The van der Waals surface area contributed by atoms with Crippen LogP contribution in [0.2, 0.25) is 0 Å². The minimum Gasteiger partial charge on any atom is -0.508 e. The number of benzene rings is 3. The Hall–Kier alpha value is -4.27. The van der Waals surface area contributed by atoms with Crippen LogP contribution in [0.4, 0.5) is 0 Å². The van der Waals surface area contributed by atoms with Crippen LogP contribution in [0.15, 0.2) is 42.5 Å². The maximum Gasteiger partial charge on any atom is 0.338 e. The predicted octanol–water partition coefficient (Wildman–Crippen LogP) is 2.73. The van der Waals surface area contributed by atoms with Gasteiger partial charge in [-0.15, -0.1) is 0 Å². The zero-order valence-electron chi connectivity index (χ0n) is 16.6. The average molecular weight is 440 g/mol. The zero-order valence-corrected chi connectivity index (χ0v) is 16.6. The van der Waals surface area contributed by atoms with Gasteiger partial charge in [0.25, 0.3) is 0 Å². The van der Waals surface area contributed by atoms with Crippen LogP contribution < -0.4 is 0 Å². The summed E-state index contributed by atoms with van der Waals surface area (Å²) in [6.07, 6.45) is -0.424. The summed E-state index contributed by atoms with van der Waals surface area (Å²) >= 11 is 0. The monoisotopic (exact) mass is 440 g/mol. The molecule has 0 fully saturated rings. The van der Waals surface area contributed by atoms with Crippen LogP contribution >= 0.6 is 0 Å². The lowest BCUT2D eigenvalue weighted by molar-refractivity contribution is 0.0214. The Morgan fingerprint density at radius 2 is 1.31 bits per heavy atom. The van der Waals surface area contributed by atoms with Gasteiger partial charge in [-0.2, -0.15) is 0 Å². The number of esters is 1. The van der Waals surface area contributed by atoms with Gasteiger partial charge in [0.15, 0.2) is 34.5 Å². The summed E-state index contributed by atoms with van der Waals surface area (Å²) in [6.45, 7) is 0. The molecule has 1 aliphatic carbocycles. The highest BCUT2D eigenvalue weighted by Gasteiger charge is 2.35. The third-order valence-electron chi connectivity index (χ3n) is 5.63. The molecule has 0 saturated heterocycles. The molecule has 0 heterocycles. The fraction of sp³-hybridized carbons (Fsp3) is 0.174. The molecule has 0 aliphatic heterocycles. The van der Waals surface area contributed by atoms with Gasteiger partial charge in [-0.25, -0.2) is 4.79 Å². The number of hydrogen-bond donors (Lipinski definition) is 7. The SMILES string of the molecule is O=C(OC1Cc2cccc(O)c2CC1c1cc(O)c(O)c(O)c1)c1cc(O)c(O)c(O)c1. The van der Waals surface area contributed by atoms with E-state index in [1.165, 1.54) is 18.2 Å². The number of rotatable bonds is 3. The van der Waals surface area contributed by atoms with Crippen molar-refractivity contribution >= 4 is 5.97 Å². The summed E-state index contributed by atoms with van der Waals surface area (Å²) < 4.78 is 5.65. The molecular formula is C23H20O9. The highest BCUT2D eigenvalue weighted by atomic mass is 16.5. The number of aromatic hydroxyl groups is 7. The van der Waals surface area contributed by atoms with Gasteiger partial charge in [-0.05, 0) is 53.4 Å². The molecule has 0 spiro atoms. The number of phenolic OH excluding ortho intramolecular Hbond substituents is 7. The first kappa shape index (κ1) is 21.0. The van der Waals surface area contributed by atoms with E-state index in [9.17, 15) is 40.5 Å². The van der Waals surface area contributed by atoms with Crippen molar-refractivity contribution in [1.82, 2.24) is 0 Å². The fourth-order valence-electron chi connectivity index (χ4n) is 3.98. The normalized spacial score (nSPS) is 17.5. The van der Waals surface area contributed by atoms with Crippen molar-refractivity contribution in [1.29, 1.82) is 0 Å². The van der Waals surface area contributed by atoms with Crippen LogP contribution in [0.3, 0.4) is 0 Å². The van der Waals surface area contributed by atoms with Crippen LogP contribution in [0.25, 0.3) is 0 Å². The van der Waals surface area contributed by atoms with E-state index in [2.05, 4.69) is 0 Å². The van der Waals surface area contributed by atoms with Gasteiger partial charge >= 0.3 is 5.97 Å². The second kappa shape index (κ2) is 7.77. The highest BCUT2D eigenvalue weighted by molar-refractivity contribution is 5.91. The molecule has 3 aromatic carbocycles. The van der Waals surface area contributed by atoms with E-state index in [-0.39, 0.29) is 24.2 Å². The molecule has 3 aromatic rings. The number of ether oxygens (including phenoxy) is 1. The quantitative estimate of drug-likeness (QED) is 0.239. The highest BCUT2D eigenvalue weighted by Crippen LogP contribution is 2.44. The molecule has 4 rings (SSSR count). The predicted molar refractivity (Wildman–Crippen MR) is 110 cm³/mol. The molecule has 0 amide bonds. The first-order valence-corrected chi connectivity index (χ1v) is 9.66. The summed E-state index contributed by atoms with van der Waals surface area (Å²) in [6, 6.07) is 9.33. The van der Waals surface area contributed by atoms with Crippen LogP contribution in [0.1, 0.15) is 33.0 Å². The molecule has 0 saturated carbocycles. The largest absolute Gasteiger partial charge is 0.508 e. The molecular weight excluding hydrogens is 420 g/mol. The molecule has 166 valence electrons. The molecule has 9 nitrogen and oxygen atoms in total. The van der Waals surface area contributed by atoms with Crippen molar-refractivity contribution in [2.24, 2.45) is 0 Å². The second-order valence-electron chi connectivity index (χ2n) is 7.64. The number of fused-ring (bicyclic) bond motifs is 1. The van der Waals surface area contributed by atoms with E-state index in [1.807, 2.05) is 0 Å². The summed E-state index contributed by atoms with van der Waals surface area (Å²) in [5.74, 6) is -5.40. The van der Waals surface area contributed by atoms with Gasteiger partial charge in [0.05, 0.1) is 5.56 Å². The lowest BCUT2D eigenvalue weighted by Crippen LogP contribution is -2.33. The summed E-state index contributed by atoms with van der Waals surface area (Å²) in [5, 5.41) is 68.7. The number of carbonyl (C=O) groups excluding carboxylic acids is 1. The minimum atomic E-state index is -0.888. The minimum absolute atomic E-state index is 0.0536. The Morgan fingerprint density at radius 3 is 1.91 bits per heavy atom. The first-order chi connectivity index (χ1) is 15.2. The van der Waals surface area contributed by atoms with Gasteiger partial charge in [0, 0.05) is 12.3 Å². The van der Waals surface area contributed by atoms with Crippen molar-refractivity contribution in [2.45, 2.75) is 24.9 Å². The number of phenols is 7. The molecule has 9 heteroatoms. The number of hydrogen-bond acceptors (Lipinski definition) is 9. The van der Waals surface area contributed by atoms with Crippen LogP contribution in [0.5, 0.6) is 40.2 Å². The molecule has 2 unspecified atom stereocenters. The van der Waals surface area contributed by atoms with Crippen LogP contribution in [-0.2, 0) is 17.6 Å². The third-order valence-corrected chi connectivity index (χ3v) is 5.63. The summed E-state index contributed by atoms with van der Waals surface area (Å²) in [5.41, 5.74) is 1.52. The van der Waals surface area contributed by atoms with Crippen LogP contribution in [0, 0.1) is 0 Å². The lowest BCUT2D eigenvalue weighted by atomic mass is 9.77. The standard InChI is InChI=1S/C23H20O9/c24-15-3-1-2-10-8-20(32-23(31)12-6-18(27)22(30)19(28)7-12)14(9-13(10)15)11-4-16(25)21(29)17(26)5-11/h1-7,14,20,24-30H,8-9H2. The van der Waals surface area contributed by atoms with Gasteiger partial charge in [-0.1, -0.05) is 12.1 Å². The van der Waals surface area contributed by atoms with Gasteiger partial charge < -0.3 is 40.5 Å². The van der Waals surface area contributed by atoms with Crippen molar-refractivity contribution in [3.63, 3.8) is 0 Å². The maximum absolute atomic E-state index is 12.8.